The van der Waals surface area contributed by atoms with Crippen molar-refractivity contribution in [2.45, 2.75) is 0 Å². The number of halogens is 1. The molecule has 0 aliphatic heterocycles. The van der Waals surface area contributed by atoms with Gasteiger partial charge in [0.15, 0.2) is 0 Å². The summed E-state index contributed by atoms with van der Waals surface area (Å²) >= 11 is 1.84. The minimum Gasteiger partial charge on any atom is -0.545 e. The average Bonchev–Trinajstić information content (AvgIpc) is 1.88. The Kier molecular flexibility index (Phi) is 6.10. The molecule has 1 aromatic heterocycles. The molecule has 0 N–H and O–H groups in total. The molecule has 0 bridgehead atoms. The summed E-state index contributed by atoms with van der Waals surface area (Å²) in [6.07, 6.45) is 1.54. The summed E-state index contributed by atoms with van der Waals surface area (Å²) < 4.78 is 0.458. The van der Waals surface area contributed by atoms with E-state index in [2.05, 4.69) is 4.98 Å². The number of rotatable bonds is 1. The van der Waals surface area contributed by atoms with Crippen LogP contribution in [-0.4, -0.2) is 11.0 Å². The molecule has 0 amide bonds. The minimum absolute atomic E-state index is 0. The average molecular weight is 287 g/mol. The van der Waals surface area contributed by atoms with Crippen molar-refractivity contribution in [1.29, 1.82) is 0 Å². The predicted octanol–water partition coefficient (Wildman–Crippen LogP) is -2.95. The van der Waals surface area contributed by atoms with Gasteiger partial charge in [-0.1, -0.05) is 0 Å². The molecule has 0 radical (unpaired) electrons. The first-order valence-corrected chi connectivity index (χ1v) is 3.61. The SMILES string of the molecule is O=C([O-])c1cccnc1I.[K+]. The maximum atomic E-state index is 10.3. The molecule has 0 aliphatic carbocycles. The topological polar surface area (TPSA) is 53.0 Å². The number of carboxylic acids is 1. The maximum absolute atomic E-state index is 10.3. The van der Waals surface area contributed by atoms with Gasteiger partial charge in [-0.3, -0.25) is 0 Å². The van der Waals surface area contributed by atoms with Crippen molar-refractivity contribution < 1.29 is 61.3 Å². The third-order valence-electron chi connectivity index (χ3n) is 0.979. The van der Waals surface area contributed by atoms with Crippen LogP contribution in [0.1, 0.15) is 10.4 Å². The van der Waals surface area contributed by atoms with Crippen molar-refractivity contribution in [2.24, 2.45) is 0 Å². The largest absolute Gasteiger partial charge is 1.00 e. The standard InChI is InChI=1S/C6H4INO2.K/c7-5-4(6(9)10)2-1-3-8-5;/h1-3H,(H,9,10);/q;+1/p-1. The van der Waals surface area contributed by atoms with Crippen molar-refractivity contribution >= 4 is 28.6 Å². The molecule has 0 spiro atoms. The second kappa shape index (κ2) is 5.60. The van der Waals surface area contributed by atoms with Crippen molar-refractivity contribution in [3.05, 3.63) is 27.6 Å². The van der Waals surface area contributed by atoms with Crippen LogP contribution in [0.15, 0.2) is 18.3 Å². The van der Waals surface area contributed by atoms with Gasteiger partial charge in [-0.25, -0.2) is 4.98 Å². The molecule has 0 saturated heterocycles. The monoisotopic (exact) mass is 287 g/mol. The summed E-state index contributed by atoms with van der Waals surface area (Å²) in [6, 6.07) is 3.03. The molecule has 0 aliphatic rings. The third-order valence-corrected chi connectivity index (χ3v) is 1.84. The van der Waals surface area contributed by atoms with Gasteiger partial charge < -0.3 is 9.90 Å². The number of nitrogens with zero attached hydrogens (tertiary/aromatic N) is 1. The van der Waals surface area contributed by atoms with Gasteiger partial charge in [0.2, 0.25) is 0 Å². The van der Waals surface area contributed by atoms with Gasteiger partial charge in [0, 0.05) is 11.8 Å². The van der Waals surface area contributed by atoms with Gasteiger partial charge in [0.1, 0.15) is 3.70 Å². The molecule has 11 heavy (non-hydrogen) atoms. The molecule has 3 nitrogen and oxygen atoms in total. The Balaban J connectivity index is 0.000001000. The molecule has 1 aromatic rings. The summed E-state index contributed by atoms with van der Waals surface area (Å²) in [4.78, 5) is 14.0. The van der Waals surface area contributed by atoms with E-state index in [4.69, 9.17) is 0 Å². The Morgan fingerprint density at radius 3 is 2.64 bits per heavy atom. The second-order valence-electron chi connectivity index (χ2n) is 1.63. The van der Waals surface area contributed by atoms with Crippen LogP contribution in [0, 0.1) is 3.70 Å². The van der Waals surface area contributed by atoms with E-state index < -0.39 is 5.97 Å². The number of carbonyl (C=O) groups excluding carboxylic acids is 1. The van der Waals surface area contributed by atoms with E-state index >= 15 is 0 Å². The van der Waals surface area contributed by atoms with Crippen molar-refractivity contribution in [3.63, 3.8) is 0 Å². The summed E-state index contributed by atoms with van der Waals surface area (Å²) in [5.74, 6) is -1.18. The molecular formula is C6H3IKNO2. The summed E-state index contributed by atoms with van der Waals surface area (Å²) in [6.45, 7) is 0. The number of carboxylic acid groups (broad SMARTS) is 1. The first kappa shape index (κ1) is 12.0. The van der Waals surface area contributed by atoms with E-state index in [9.17, 15) is 9.90 Å². The molecule has 0 atom stereocenters. The molecule has 0 fully saturated rings. The maximum Gasteiger partial charge on any atom is 1.00 e. The van der Waals surface area contributed by atoms with Crippen LogP contribution >= 0.6 is 22.6 Å². The Bertz CT molecular complexity index is 267. The van der Waals surface area contributed by atoms with Gasteiger partial charge in [0.25, 0.3) is 0 Å². The summed E-state index contributed by atoms with van der Waals surface area (Å²) in [5.41, 5.74) is 0.142. The third kappa shape index (κ3) is 3.47. The molecule has 5 heteroatoms. The first-order valence-electron chi connectivity index (χ1n) is 2.53. The number of aromatic carboxylic acids is 1. The number of hydrogen-bond donors (Lipinski definition) is 0. The van der Waals surface area contributed by atoms with Gasteiger partial charge in [0.05, 0.1) is 5.97 Å². The molecule has 0 aromatic carbocycles. The Morgan fingerprint density at radius 1 is 1.64 bits per heavy atom. The van der Waals surface area contributed by atoms with E-state index in [0.717, 1.165) is 0 Å². The van der Waals surface area contributed by atoms with E-state index in [-0.39, 0.29) is 56.9 Å². The van der Waals surface area contributed by atoms with E-state index in [1.54, 1.807) is 6.07 Å². The molecular weight excluding hydrogens is 284 g/mol. The predicted molar refractivity (Wildman–Crippen MR) is 41.3 cm³/mol. The molecule has 0 unspecified atom stereocenters. The zero-order chi connectivity index (χ0) is 7.56. The zero-order valence-electron chi connectivity index (χ0n) is 5.87. The number of carbonyl (C=O) groups is 1. The Labute approximate surface area is 120 Å². The van der Waals surface area contributed by atoms with Gasteiger partial charge >= 0.3 is 51.4 Å². The minimum atomic E-state index is -1.18. The number of pyridine rings is 1. The quantitative estimate of drug-likeness (QED) is 0.315. The first-order chi connectivity index (χ1) is 4.72. The smallest absolute Gasteiger partial charge is 0.545 e. The molecule has 1 heterocycles. The molecule has 52 valence electrons. The Hall–Kier alpha value is 0.986. The van der Waals surface area contributed by atoms with Gasteiger partial charge in [-0.15, -0.1) is 0 Å². The van der Waals surface area contributed by atoms with Crippen molar-refractivity contribution in [2.75, 3.05) is 0 Å². The van der Waals surface area contributed by atoms with Crippen LogP contribution in [-0.2, 0) is 0 Å². The van der Waals surface area contributed by atoms with Crippen molar-refractivity contribution in [3.8, 4) is 0 Å². The Morgan fingerprint density at radius 2 is 2.27 bits per heavy atom. The van der Waals surface area contributed by atoms with Crippen LogP contribution < -0.4 is 56.5 Å². The fraction of sp³-hybridized carbons (Fsp3) is 0. The number of hydrogen-bond acceptors (Lipinski definition) is 3. The van der Waals surface area contributed by atoms with Crippen LogP contribution in [0.25, 0.3) is 0 Å². The normalized spacial score (nSPS) is 8.45. The summed E-state index contributed by atoms with van der Waals surface area (Å²) in [5, 5.41) is 10.3. The second-order valence-corrected chi connectivity index (χ2v) is 2.65. The fourth-order valence-electron chi connectivity index (χ4n) is 0.538. The van der Waals surface area contributed by atoms with Crippen LogP contribution in [0.5, 0.6) is 0 Å². The van der Waals surface area contributed by atoms with Crippen LogP contribution in [0.3, 0.4) is 0 Å². The van der Waals surface area contributed by atoms with Crippen molar-refractivity contribution in [1.82, 2.24) is 4.98 Å². The van der Waals surface area contributed by atoms with Crippen LogP contribution in [0.4, 0.5) is 0 Å². The summed E-state index contributed by atoms with van der Waals surface area (Å²) in [7, 11) is 0. The van der Waals surface area contributed by atoms with Gasteiger partial charge in [-0.2, -0.15) is 0 Å². The van der Waals surface area contributed by atoms with E-state index in [1.165, 1.54) is 12.3 Å². The fourth-order valence-corrected chi connectivity index (χ4v) is 1.10. The van der Waals surface area contributed by atoms with E-state index in [1.807, 2.05) is 22.6 Å². The van der Waals surface area contributed by atoms with Crippen LogP contribution in [0.2, 0.25) is 0 Å². The van der Waals surface area contributed by atoms with Gasteiger partial charge in [-0.05, 0) is 34.7 Å². The van der Waals surface area contributed by atoms with E-state index in [0.29, 0.717) is 3.70 Å². The molecule has 0 saturated carbocycles. The zero-order valence-corrected chi connectivity index (χ0v) is 11.2. The number of aromatic nitrogens is 1. The molecule has 1 rings (SSSR count).